The lowest BCUT2D eigenvalue weighted by molar-refractivity contribution is -0.123. The molecule has 0 radical (unpaired) electrons. The standard InChI is InChI=1S/C75H145NO3/c1-3-5-7-9-11-13-15-17-19-21-23-25-27-29-31-33-35-36-37-38-39-40-41-43-45-47-49-51-53-55-57-59-61-63-65-67-69-71-75(79)76-73(72-77)74(78)70-68-66-64-62-60-58-56-54-52-50-48-46-44-42-34-32-30-28-26-24-22-20-18-16-14-12-10-8-6-4-2/h21,23,60,62,68,70,73-74,77-78H,3-20,22,24-59,61,63-67,69,71-72H2,1-2H3,(H,76,79)/b23-21-,62-60+,70-68+. The molecule has 0 rings (SSSR count). The van der Waals surface area contributed by atoms with Gasteiger partial charge in [-0.2, -0.15) is 0 Å². The monoisotopic (exact) mass is 1110 g/mol. The molecule has 3 N–H and O–H groups in total. The molecule has 0 aliphatic heterocycles. The number of rotatable bonds is 69. The van der Waals surface area contributed by atoms with E-state index in [0.717, 1.165) is 32.1 Å². The van der Waals surface area contributed by atoms with Crippen LogP contribution in [0.1, 0.15) is 418 Å². The van der Waals surface area contributed by atoms with Crippen molar-refractivity contribution in [1.82, 2.24) is 5.32 Å². The summed E-state index contributed by atoms with van der Waals surface area (Å²) in [6.07, 6.45) is 98.4. The lowest BCUT2D eigenvalue weighted by Crippen LogP contribution is -2.45. The van der Waals surface area contributed by atoms with Gasteiger partial charge in [-0.3, -0.25) is 4.79 Å². The van der Waals surface area contributed by atoms with E-state index < -0.39 is 12.1 Å². The molecule has 0 spiro atoms. The number of unbranched alkanes of at least 4 members (excludes halogenated alkanes) is 58. The Balaban J connectivity index is 3.42. The first-order valence-corrected chi connectivity index (χ1v) is 36.7. The van der Waals surface area contributed by atoms with Crippen LogP contribution in [0.25, 0.3) is 0 Å². The Morgan fingerprint density at radius 1 is 0.291 bits per heavy atom. The Morgan fingerprint density at radius 3 is 0.734 bits per heavy atom. The fourth-order valence-electron chi connectivity index (χ4n) is 11.8. The van der Waals surface area contributed by atoms with Gasteiger partial charge in [0.15, 0.2) is 0 Å². The van der Waals surface area contributed by atoms with E-state index in [2.05, 4.69) is 43.5 Å². The van der Waals surface area contributed by atoms with Crippen molar-refractivity contribution < 1.29 is 15.0 Å². The summed E-state index contributed by atoms with van der Waals surface area (Å²) < 4.78 is 0. The Kier molecular flexibility index (Phi) is 69.6. The zero-order chi connectivity index (χ0) is 56.9. The summed E-state index contributed by atoms with van der Waals surface area (Å²) in [6.45, 7) is 4.35. The van der Waals surface area contributed by atoms with Gasteiger partial charge in [-0.05, 0) is 57.8 Å². The summed E-state index contributed by atoms with van der Waals surface area (Å²) >= 11 is 0. The van der Waals surface area contributed by atoms with E-state index in [1.807, 2.05) is 6.08 Å². The van der Waals surface area contributed by atoms with Crippen LogP contribution in [-0.4, -0.2) is 34.9 Å². The molecule has 0 aliphatic rings. The SMILES string of the molecule is CCCCCCCCCC/C=C\CCCCCCCCCCCCCCCCCCCCCCCCCCCC(=O)NC(CO)C(O)/C=C/CC/C=C/CCCCCCCCCCCCCCCCCCCCCCCCCC. The van der Waals surface area contributed by atoms with Crippen LogP contribution in [0.4, 0.5) is 0 Å². The number of allylic oxidation sites excluding steroid dienone is 5. The first-order valence-electron chi connectivity index (χ1n) is 36.7. The van der Waals surface area contributed by atoms with E-state index in [1.54, 1.807) is 6.08 Å². The second kappa shape index (κ2) is 70.9. The quantitative estimate of drug-likeness (QED) is 0.0420. The van der Waals surface area contributed by atoms with Crippen LogP contribution in [0.2, 0.25) is 0 Å². The predicted molar refractivity (Wildman–Crippen MR) is 355 cm³/mol. The fourth-order valence-corrected chi connectivity index (χ4v) is 11.8. The van der Waals surface area contributed by atoms with Crippen LogP contribution >= 0.6 is 0 Å². The van der Waals surface area contributed by atoms with Gasteiger partial charge in [-0.25, -0.2) is 0 Å². The summed E-state index contributed by atoms with van der Waals surface area (Å²) in [6, 6.07) is -0.639. The van der Waals surface area contributed by atoms with Gasteiger partial charge in [0.2, 0.25) is 5.91 Å². The molecule has 0 fully saturated rings. The third kappa shape index (κ3) is 67.3. The van der Waals surface area contributed by atoms with Crippen LogP contribution in [0, 0.1) is 0 Å². The average Bonchev–Trinajstić information content (AvgIpc) is 3.45. The molecule has 0 bridgehead atoms. The van der Waals surface area contributed by atoms with Crippen LogP contribution < -0.4 is 5.32 Å². The Hall–Kier alpha value is -1.39. The number of carbonyl (C=O) groups excluding carboxylic acids is 1. The summed E-state index contributed by atoms with van der Waals surface area (Å²) in [5.41, 5.74) is 0. The van der Waals surface area contributed by atoms with E-state index in [0.29, 0.717) is 6.42 Å². The highest BCUT2D eigenvalue weighted by molar-refractivity contribution is 5.76. The zero-order valence-corrected chi connectivity index (χ0v) is 54.2. The second-order valence-corrected chi connectivity index (χ2v) is 25.4. The molecule has 0 heterocycles. The van der Waals surface area contributed by atoms with Gasteiger partial charge < -0.3 is 15.5 Å². The highest BCUT2D eigenvalue weighted by atomic mass is 16.3. The minimum atomic E-state index is -0.863. The van der Waals surface area contributed by atoms with Crippen molar-refractivity contribution >= 4 is 5.91 Å². The third-order valence-electron chi connectivity index (χ3n) is 17.3. The highest BCUT2D eigenvalue weighted by Gasteiger charge is 2.18. The van der Waals surface area contributed by atoms with Crippen LogP contribution in [0.15, 0.2) is 36.5 Å². The van der Waals surface area contributed by atoms with Crippen molar-refractivity contribution in [2.24, 2.45) is 0 Å². The molecule has 2 unspecified atom stereocenters. The first kappa shape index (κ1) is 77.6. The topological polar surface area (TPSA) is 69.6 Å². The molecule has 0 saturated heterocycles. The maximum absolute atomic E-state index is 12.5. The molecule has 2 atom stereocenters. The van der Waals surface area contributed by atoms with Gasteiger partial charge in [0.05, 0.1) is 18.8 Å². The number of aliphatic hydroxyl groups excluding tert-OH is 2. The molecule has 4 heteroatoms. The normalized spacial score (nSPS) is 12.8. The lowest BCUT2D eigenvalue weighted by Gasteiger charge is -2.19. The molecule has 0 saturated carbocycles. The van der Waals surface area contributed by atoms with Gasteiger partial charge in [-0.1, -0.05) is 391 Å². The third-order valence-corrected chi connectivity index (χ3v) is 17.3. The number of hydrogen-bond acceptors (Lipinski definition) is 3. The minimum absolute atomic E-state index is 0.0646. The van der Waals surface area contributed by atoms with Crippen molar-refractivity contribution in [3.63, 3.8) is 0 Å². The molecular weight excluding hydrogens is 963 g/mol. The number of nitrogens with one attached hydrogen (secondary N) is 1. The molecule has 468 valence electrons. The van der Waals surface area contributed by atoms with Crippen LogP contribution in [-0.2, 0) is 4.79 Å². The van der Waals surface area contributed by atoms with Crippen molar-refractivity contribution in [2.45, 2.75) is 431 Å². The van der Waals surface area contributed by atoms with E-state index in [1.165, 1.54) is 366 Å². The summed E-state index contributed by atoms with van der Waals surface area (Å²) in [7, 11) is 0. The second-order valence-electron chi connectivity index (χ2n) is 25.4. The fraction of sp³-hybridized carbons (Fsp3) is 0.907. The highest BCUT2D eigenvalue weighted by Crippen LogP contribution is 2.19. The molecule has 0 aromatic heterocycles. The molecule has 0 aromatic carbocycles. The summed E-state index contributed by atoms with van der Waals surface area (Å²) in [5, 5.41) is 23.3. The summed E-state index contributed by atoms with van der Waals surface area (Å²) in [4.78, 5) is 12.5. The van der Waals surface area contributed by atoms with Gasteiger partial charge in [0.1, 0.15) is 0 Å². The van der Waals surface area contributed by atoms with Crippen LogP contribution in [0.3, 0.4) is 0 Å². The Labute approximate surface area is 497 Å². The molecule has 0 aliphatic carbocycles. The molecule has 79 heavy (non-hydrogen) atoms. The van der Waals surface area contributed by atoms with Crippen LogP contribution in [0.5, 0.6) is 0 Å². The number of aliphatic hydroxyl groups is 2. The number of carbonyl (C=O) groups is 1. The predicted octanol–water partition coefficient (Wildman–Crippen LogP) is 25.1. The number of amides is 1. The van der Waals surface area contributed by atoms with Crippen molar-refractivity contribution in [3.8, 4) is 0 Å². The summed E-state index contributed by atoms with van der Waals surface area (Å²) in [5.74, 6) is -0.0646. The van der Waals surface area contributed by atoms with Gasteiger partial charge >= 0.3 is 0 Å². The van der Waals surface area contributed by atoms with E-state index in [9.17, 15) is 15.0 Å². The van der Waals surface area contributed by atoms with Crippen molar-refractivity contribution in [3.05, 3.63) is 36.5 Å². The maximum atomic E-state index is 12.5. The van der Waals surface area contributed by atoms with Gasteiger partial charge in [0, 0.05) is 6.42 Å². The Bertz CT molecular complexity index is 1210. The minimum Gasteiger partial charge on any atom is -0.394 e. The average molecular weight is 1110 g/mol. The molecule has 0 aromatic rings. The number of hydrogen-bond donors (Lipinski definition) is 3. The van der Waals surface area contributed by atoms with Gasteiger partial charge in [0.25, 0.3) is 0 Å². The Morgan fingerprint density at radius 2 is 0.494 bits per heavy atom. The maximum Gasteiger partial charge on any atom is 0.220 e. The van der Waals surface area contributed by atoms with Gasteiger partial charge in [-0.15, -0.1) is 0 Å². The molecule has 4 nitrogen and oxygen atoms in total. The smallest absolute Gasteiger partial charge is 0.220 e. The van der Waals surface area contributed by atoms with Crippen molar-refractivity contribution in [2.75, 3.05) is 6.61 Å². The zero-order valence-electron chi connectivity index (χ0n) is 54.2. The largest absolute Gasteiger partial charge is 0.394 e. The van der Waals surface area contributed by atoms with E-state index >= 15 is 0 Å². The molecular formula is C75H145NO3. The van der Waals surface area contributed by atoms with Crippen molar-refractivity contribution in [1.29, 1.82) is 0 Å². The van der Waals surface area contributed by atoms with E-state index in [4.69, 9.17) is 0 Å². The molecule has 1 amide bonds. The van der Waals surface area contributed by atoms with E-state index in [-0.39, 0.29) is 12.5 Å². The first-order chi connectivity index (χ1) is 39.2. The lowest BCUT2D eigenvalue weighted by atomic mass is 10.0.